The van der Waals surface area contributed by atoms with Gasteiger partial charge < -0.3 is 9.80 Å². The minimum Gasteiger partial charge on any atom is -0.369 e. The lowest BCUT2D eigenvalue weighted by molar-refractivity contribution is 0.228. The molecule has 0 atom stereocenters. The molecule has 4 rings (SSSR count). The van der Waals surface area contributed by atoms with Crippen LogP contribution in [0.4, 0.5) is 11.6 Å². The maximum Gasteiger partial charge on any atom is 0.225 e. The van der Waals surface area contributed by atoms with E-state index in [0.29, 0.717) is 4.90 Å². The van der Waals surface area contributed by atoms with E-state index in [1.54, 1.807) is 12.1 Å². The van der Waals surface area contributed by atoms with E-state index in [1.165, 1.54) is 25.5 Å². The molecule has 0 aliphatic carbocycles. The van der Waals surface area contributed by atoms with Crippen LogP contribution in [-0.4, -0.2) is 75.4 Å². The summed E-state index contributed by atoms with van der Waals surface area (Å²) in [5, 5.41) is 0. The van der Waals surface area contributed by atoms with Crippen LogP contribution in [0.25, 0.3) is 0 Å². The number of sulfone groups is 1. The van der Waals surface area contributed by atoms with Gasteiger partial charge in [0.25, 0.3) is 0 Å². The number of rotatable bonds is 6. The van der Waals surface area contributed by atoms with Gasteiger partial charge in [-0.2, -0.15) is 0 Å². The fourth-order valence-electron chi connectivity index (χ4n) is 4.47. The van der Waals surface area contributed by atoms with E-state index in [-0.39, 0.29) is 0 Å². The maximum atomic E-state index is 11.6. The molecule has 0 amide bonds. The largest absolute Gasteiger partial charge is 0.369 e. The molecule has 1 aromatic carbocycles. The Labute approximate surface area is 186 Å². The van der Waals surface area contributed by atoms with Gasteiger partial charge in [-0.05, 0) is 68.5 Å². The molecule has 8 heteroatoms. The highest BCUT2D eigenvalue weighted by Crippen LogP contribution is 2.24. The molecular weight excluding hydrogens is 410 g/mol. The molecule has 0 N–H and O–H groups in total. The second-order valence-corrected chi connectivity index (χ2v) is 10.9. The Morgan fingerprint density at radius 3 is 2.10 bits per heavy atom. The molecule has 0 radical (unpaired) electrons. The van der Waals surface area contributed by atoms with Gasteiger partial charge in [0.15, 0.2) is 9.84 Å². The monoisotopic (exact) mass is 443 g/mol. The van der Waals surface area contributed by atoms with E-state index >= 15 is 0 Å². The smallest absolute Gasteiger partial charge is 0.225 e. The lowest BCUT2D eigenvalue weighted by Crippen LogP contribution is -2.47. The van der Waals surface area contributed by atoms with Gasteiger partial charge in [0.05, 0.1) is 4.90 Å². The summed E-state index contributed by atoms with van der Waals surface area (Å²) in [5.41, 5.74) is 2.21. The highest BCUT2D eigenvalue weighted by molar-refractivity contribution is 7.90. The number of piperazine rings is 1. The summed E-state index contributed by atoms with van der Waals surface area (Å²) < 4.78 is 23.3. The predicted molar refractivity (Wildman–Crippen MR) is 125 cm³/mol. The summed E-state index contributed by atoms with van der Waals surface area (Å²) in [5.74, 6) is 1.65. The normalized spacial score (nSPS) is 19.0. The van der Waals surface area contributed by atoms with E-state index in [1.807, 2.05) is 31.5 Å². The quantitative estimate of drug-likeness (QED) is 0.680. The molecule has 31 heavy (non-hydrogen) atoms. The molecule has 2 aromatic rings. The molecular formula is C23H33N5O2S. The van der Waals surface area contributed by atoms with Gasteiger partial charge in [0.1, 0.15) is 0 Å². The zero-order chi connectivity index (χ0) is 21.8. The zero-order valence-electron chi connectivity index (χ0n) is 18.6. The first-order valence-corrected chi connectivity index (χ1v) is 13.1. The first kappa shape index (κ1) is 22.0. The Morgan fingerprint density at radius 1 is 0.903 bits per heavy atom. The summed E-state index contributed by atoms with van der Waals surface area (Å²) in [6.07, 6.45) is 8.72. The Balaban J connectivity index is 1.18. The van der Waals surface area contributed by atoms with Crippen LogP contribution < -0.4 is 9.80 Å². The highest BCUT2D eigenvalue weighted by atomic mass is 32.2. The van der Waals surface area contributed by atoms with Crippen molar-refractivity contribution in [1.82, 2.24) is 14.9 Å². The molecule has 0 spiro atoms. The number of anilines is 2. The maximum absolute atomic E-state index is 11.6. The van der Waals surface area contributed by atoms with Crippen molar-refractivity contribution in [3.63, 3.8) is 0 Å². The third-order valence-corrected chi connectivity index (χ3v) is 7.65. The van der Waals surface area contributed by atoms with Gasteiger partial charge in [0, 0.05) is 63.6 Å². The Bertz CT molecular complexity index is 946. The lowest BCUT2D eigenvalue weighted by Gasteiger charge is -2.37. The number of nitrogens with zero attached hydrogens (tertiary/aromatic N) is 5. The van der Waals surface area contributed by atoms with E-state index in [4.69, 9.17) is 0 Å². The summed E-state index contributed by atoms with van der Waals surface area (Å²) in [6.45, 7) is 9.36. The molecule has 0 saturated carbocycles. The summed E-state index contributed by atoms with van der Waals surface area (Å²) in [4.78, 5) is 16.5. The number of aryl methyl sites for hydroxylation is 1. The van der Waals surface area contributed by atoms with Crippen molar-refractivity contribution in [2.45, 2.75) is 31.1 Å². The van der Waals surface area contributed by atoms with Crippen molar-refractivity contribution in [1.29, 1.82) is 0 Å². The van der Waals surface area contributed by atoms with Crippen LogP contribution in [0.3, 0.4) is 0 Å². The van der Waals surface area contributed by atoms with Crippen LogP contribution in [0, 0.1) is 12.8 Å². The van der Waals surface area contributed by atoms with Crippen LogP contribution in [0.1, 0.15) is 24.8 Å². The molecule has 2 saturated heterocycles. The molecule has 7 nitrogen and oxygen atoms in total. The fourth-order valence-corrected chi connectivity index (χ4v) is 5.10. The van der Waals surface area contributed by atoms with Gasteiger partial charge in [-0.25, -0.2) is 18.4 Å². The number of hydrogen-bond donors (Lipinski definition) is 0. The van der Waals surface area contributed by atoms with Crippen molar-refractivity contribution in [2.24, 2.45) is 5.92 Å². The van der Waals surface area contributed by atoms with Crippen molar-refractivity contribution >= 4 is 21.5 Å². The van der Waals surface area contributed by atoms with Crippen LogP contribution in [0.2, 0.25) is 0 Å². The third-order valence-electron chi connectivity index (χ3n) is 6.52. The first-order valence-electron chi connectivity index (χ1n) is 11.2. The van der Waals surface area contributed by atoms with Crippen molar-refractivity contribution in [3.05, 3.63) is 42.2 Å². The van der Waals surface area contributed by atoms with Crippen LogP contribution in [-0.2, 0) is 9.84 Å². The minimum atomic E-state index is -3.14. The molecule has 168 valence electrons. The Hall–Kier alpha value is -2.19. The molecule has 1 aromatic heterocycles. The first-order chi connectivity index (χ1) is 14.9. The van der Waals surface area contributed by atoms with E-state index in [2.05, 4.69) is 24.7 Å². The average molecular weight is 444 g/mol. The Morgan fingerprint density at radius 2 is 1.52 bits per heavy atom. The topological polar surface area (TPSA) is 69.6 Å². The van der Waals surface area contributed by atoms with Gasteiger partial charge in [-0.1, -0.05) is 0 Å². The van der Waals surface area contributed by atoms with Crippen LogP contribution in [0.15, 0.2) is 41.6 Å². The van der Waals surface area contributed by atoms with Gasteiger partial charge in [0.2, 0.25) is 5.95 Å². The minimum absolute atomic E-state index is 0.384. The number of piperidine rings is 1. The summed E-state index contributed by atoms with van der Waals surface area (Å²) >= 11 is 0. The van der Waals surface area contributed by atoms with E-state index in [0.717, 1.165) is 68.9 Å². The summed E-state index contributed by atoms with van der Waals surface area (Å²) in [7, 11) is -3.14. The lowest BCUT2D eigenvalue weighted by atomic mass is 9.93. The predicted octanol–water partition coefficient (Wildman–Crippen LogP) is 2.62. The third kappa shape index (κ3) is 5.74. The molecule has 2 aliphatic heterocycles. The van der Waals surface area contributed by atoms with Crippen molar-refractivity contribution < 1.29 is 8.42 Å². The summed E-state index contributed by atoms with van der Waals surface area (Å²) in [6, 6.07) is 7.28. The van der Waals surface area contributed by atoms with Gasteiger partial charge >= 0.3 is 0 Å². The molecule has 3 heterocycles. The molecule has 2 aliphatic rings. The number of benzene rings is 1. The fraction of sp³-hybridized carbons (Fsp3) is 0.565. The van der Waals surface area contributed by atoms with Crippen LogP contribution in [0.5, 0.6) is 0 Å². The second kappa shape index (κ2) is 9.53. The second-order valence-electron chi connectivity index (χ2n) is 8.87. The van der Waals surface area contributed by atoms with Gasteiger partial charge in [-0.3, -0.25) is 4.90 Å². The zero-order valence-corrected chi connectivity index (χ0v) is 19.4. The standard InChI is InChI=1S/C23H33N5O2S/c1-19-17-24-23(25-18-19)28-11-8-20(9-12-28)7-10-26-13-15-27(16-14-26)21-3-5-22(6-4-21)31(2,29)30/h3-6,17-18,20H,7-16H2,1-2H3. The number of aromatic nitrogens is 2. The average Bonchev–Trinajstić information content (AvgIpc) is 2.78. The highest BCUT2D eigenvalue weighted by Gasteiger charge is 2.23. The van der Waals surface area contributed by atoms with Crippen LogP contribution >= 0.6 is 0 Å². The Kier molecular flexibility index (Phi) is 6.77. The molecule has 0 bridgehead atoms. The van der Waals surface area contributed by atoms with Gasteiger partial charge in [-0.15, -0.1) is 0 Å². The number of hydrogen-bond acceptors (Lipinski definition) is 7. The van der Waals surface area contributed by atoms with Crippen molar-refractivity contribution in [2.75, 3.05) is 61.9 Å². The molecule has 0 unspecified atom stereocenters. The van der Waals surface area contributed by atoms with Crippen molar-refractivity contribution in [3.8, 4) is 0 Å². The van der Waals surface area contributed by atoms with E-state index in [9.17, 15) is 8.42 Å². The molecule has 2 fully saturated rings. The van der Waals surface area contributed by atoms with E-state index < -0.39 is 9.84 Å². The SMILES string of the molecule is Cc1cnc(N2CCC(CCN3CCN(c4ccc(S(C)(=O)=O)cc4)CC3)CC2)nc1.